The maximum atomic E-state index is 15.6. The van der Waals surface area contributed by atoms with Crippen LogP contribution in [-0.2, 0) is 5.60 Å². The van der Waals surface area contributed by atoms with E-state index < -0.39 is 17.2 Å². The van der Waals surface area contributed by atoms with E-state index in [0.29, 0.717) is 27.7 Å². The highest BCUT2D eigenvalue weighted by Gasteiger charge is 2.43. The molecule has 8 heteroatoms. The molecular formula is C37H50F2N2OS3. The lowest BCUT2D eigenvalue weighted by Gasteiger charge is -2.39. The van der Waals surface area contributed by atoms with Crippen molar-refractivity contribution in [2.45, 2.75) is 125 Å². The van der Waals surface area contributed by atoms with Crippen LogP contribution in [0.1, 0.15) is 122 Å². The van der Waals surface area contributed by atoms with Gasteiger partial charge in [0.15, 0.2) is 11.6 Å². The SMILES string of the molecule is Cc1cc2c(s1)-c1sc(-c3c(F)c(F)c(C)c4nsnc34)cc1OC2(CCC(C)CCCC(C)C)CCC(C)CCCC(C)C. The van der Waals surface area contributed by atoms with Crippen molar-refractivity contribution in [3.05, 3.63) is 39.8 Å². The number of rotatable bonds is 15. The number of nitrogens with zero attached hydrogens (tertiary/aromatic N) is 2. The van der Waals surface area contributed by atoms with Gasteiger partial charge in [-0.15, -0.1) is 22.7 Å². The number of benzene rings is 1. The molecule has 0 bridgehead atoms. The Bertz CT molecular complexity index is 1580. The van der Waals surface area contributed by atoms with Gasteiger partial charge < -0.3 is 4.74 Å². The predicted molar refractivity (Wildman–Crippen MR) is 190 cm³/mol. The molecule has 0 amide bonds. The first-order valence-electron chi connectivity index (χ1n) is 16.9. The number of thiophene rings is 2. The van der Waals surface area contributed by atoms with E-state index in [1.807, 2.05) is 6.07 Å². The molecule has 0 saturated heterocycles. The molecule has 0 radical (unpaired) electrons. The lowest BCUT2D eigenvalue weighted by Crippen LogP contribution is -2.36. The van der Waals surface area contributed by atoms with E-state index in [-0.39, 0.29) is 11.1 Å². The highest BCUT2D eigenvalue weighted by Crippen LogP contribution is 2.57. The predicted octanol–water partition coefficient (Wildman–Crippen LogP) is 13.1. The minimum Gasteiger partial charge on any atom is -0.481 e. The van der Waals surface area contributed by atoms with Crippen LogP contribution in [0.4, 0.5) is 8.78 Å². The Morgan fingerprint density at radius 2 is 1.33 bits per heavy atom. The zero-order valence-electron chi connectivity index (χ0n) is 28.3. The highest BCUT2D eigenvalue weighted by molar-refractivity contribution is 7.24. The summed E-state index contributed by atoms with van der Waals surface area (Å²) in [4.78, 5) is 4.14. The fourth-order valence-corrected chi connectivity index (χ4v) is 9.80. The highest BCUT2D eigenvalue weighted by atomic mass is 32.1. The van der Waals surface area contributed by atoms with Crippen LogP contribution in [0, 0.1) is 49.2 Å². The summed E-state index contributed by atoms with van der Waals surface area (Å²) in [6.07, 6.45) is 11.6. The molecule has 246 valence electrons. The second-order valence-electron chi connectivity index (χ2n) is 14.5. The summed E-state index contributed by atoms with van der Waals surface area (Å²) in [5, 5.41) is 0. The summed E-state index contributed by atoms with van der Waals surface area (Å²) < 4.78 is 46.6. The molecular weight excluding hydrogens is 623 g/mol. The second-order valence-corrected chi connectivity index (χ2v) is 17.4. The molecule has 5 rings (SSSR count). The molecule has 1 aliphatic heterocycles. The van der Waals surface area contributed by atoms with E-state index in [9.17, 15) is 0 Å². The van der Waals surface area contributed by atoms with Crippen LogP contribution in [0.2, 0.25) is 0 Å². The van der Waals surface area contributed by atoms with E-state index in [1.54, 1.807) is 18.3 Å². The molecule has 0 spiro atoms. The summed E-state index contributed by atoms with van der Waals surface area (Å²) in [6.45, 7) is 17.7. The minimum atomic E-state index is -0.856. The van der Waals surface area contributed by atoms with Crippen LogP contribution < -0.4 is 4.74 Å². The van der Waals surface area contributed by atoms with Crippen LogP contribution >= 0.6 is 34.4 Å². The number of aromatic nitrogens is 2. The van der Waals surface area contributed by atoms with Gasteiger partial charge in [-0.1, -0.05) is 80.1 Å². The number of halogens is 2. The average Bonchev–Trinajstić information content (AvgIpc) is 3.72. The molecule has 0 aliphatic carbocycles. The van der Waals surface area contributed by atoms with Gasteiger partial charge in [-0.3, -0.25) is 0 Å². The first kappa shape index (κ1) is 34.4. The maximum absolute atomic E-state index is 15.6. The van der Waals surface area contributed by atoms with Crippen molar-refractivity contribution < 1.29 is 13.5 Å². The Hall–Kier alpha value is -1.90. The number of aryl methyl sites for hydroxylation is 2. The van der Waals surface area contributed by atoms with Crippen LogP contribution in [0.5, 0.6) is 5.75 Å². The van der Waals surface area contributed by atoms with Crippen molar-refractivity contribution in [1.29, 1.82) is 0 Å². The molecule has 0 saturated carbocycles. The molecule has 2 atom stereocenters. The van der Waals surface area contributed by atoms with Gasteiger partial charge in [0, 0.05) is 20.9 Å². The standard InChI is InChI=1S/C37H50F2N2OS3/c1-21(2)11-9-13-23(5)15-17-37(18-16-24(6)14-10-12-22(3)4)27-19-25(7)43-35(27)36-28(42-37)20-29(44-36)30-32(39)31(38)26(8)33-34(30)41-45-40-33/h19-24H,9-18H2,1-8H3. The molecule has 2 unspecified atom stereocenters. The molecule has 3 nitrogen and oxygen atoms in total. The molecule has 0 fully saturated rings. The fourth-order valence-electron chi connectivity index (χ4n) is 6.82. The third-order valence-electron chi connectivity index (χ3n) is 9.66. The van der Waals surface area contributed by atoms with E-state index >= 15 is 8.78 Å². The molecule has 1 aromatic carbocycles. The second kappa shape index (κ2) is 14.5. The Morgan fingerprint density at radius 1 is 0.733 bits per heavy atom. The molecule has 1 aliphatic rings. The summed E-state index contributed by atoms with van der Waals surface area (Å²) in [7, 11) is 0. The van der Waals surface area contributed by atoms with E-state index in [4.69, 9.17) is 4.74 Å². The van der Waals surface area contributed by atoms with Gasteiger partial charge >= 0.3 is 0 Å². The van der Waals surface area contributed by atoms with Gasteiger partial charge in [-0.25, -0.2) is 8.78 Å². The van der Waals surface area contributed by atoms with E-state index in [0.717, 1.165) is 59.9 Å². The third-order valence-corrected chi connectivity index (χ3v) is 12.5. The lowest BCUT2D eigenvalue weighted by molar-refractivity contribution is 0.0323. The summed E-state index contributed by atoms with van der Waals surface area (Å²) in [6, 6.07) is 4.28. The van der Waals surface area contributed by atoms with Gasteiger partial charge in [0.2, 0.25) is 0 Å². The Kier molecular flexibility index (Phi) is 11.1. The quantitative estimate of drug-likeness (QED) is 0.126. The zero-order chi connectivity index (χ0) is 32.5. The third kappa shape index (κ3) is 7.49. The van der Waals surface area contributed by atoms with Crippen LogP contribution in [-0.4, -0.2) is 8.75 Å². The zero-order valence-corrected chi connectivity index (χ0v) is 30.8. The smallest absolute Gasteiger partial charge is 0.170 e. The lowest BCUT2D eigenvalue weighted by atomic mass is 9.78. The molecule has 0 N–H and O–H groups in total. The number of hydrogen-bond acceptors (Lipinski definition) is 6. The Morgan fingerprint density at radius 3 is 1.93 bits per heavy atom. The molecule has 45 heavy (non-hydrogen) atoms. The number of hydrogen-bond donors (Lipinski definition) is 0. The average molecular weight is 673 g/mol. The van der Waals surface area contributed by atoms with Crippen LogP contribution in [0.15, 0.2) is 12.1 Å². The fraction of sp³-hybridized carbons (Fsp3) is 0.622. The van der Waals surface area contributed by atoms with Gasteiger partial charge in [0.25, 0.3) is 0 Å². The van der Waals surface area contributed by atoms with Crippen molar-refractivity contribution in [3.8, 4) is 25.9 Å². The van der Waals surface area contributed by atoms with Crippen molar-refractivity contribution in [1.82, 2.24) is 8.75 Å². The van der Waals surface area contributed by atoms with Crippen molar-refractivity contribution >= 4 is 45.4 Å². The number of ether oxygens (including phenoxy) is 1. The van der Waals surface area contributed by atoms with Gasteiger partial charge in [-0.2, -0.15) is 8.75 Å². The minimum absolute atomic E-state index is 0.197. The van der Waals surface area contributed by atoms with Crippen molar-refractivity contribution in [3.63, 3.8) is 0 Å². The van der Waals surface area contributed by atoms with Crippen molar-refractivity contribution in [2.75, 3.05) is 0 Å². The normalized spacial score (nSPS) is 17.6. The van der Waals surface area contributed by atoms with Crippen LogP contribution in [0.25, 0.3) is 31.2 Å². The van der Waals surface area contributed by atoms with Gasteiger partial charge in [-0.05, 0) is 75.3 Å². The monoisotopic (exact) mass is 672 g/mol. The maximum Gasteiger partial charge on any atom is 0.170 e. The van der Waals surface area contributed by atoms with Crippen molar-refractivity contribution in [2.24, 2.45) is 23.7 Å². The van der Waals surface area contributed by atoms with Gasteiger partial charge in [0.05, 0.1) is 27.0 Å². The largest absolute Gasteiger partial charge is 0.481 e. The first-order valence-corrected chi connectivity index (χ1v) is 19.3. The topological polar surface area (TPSA) is 35.0 Å². The Labute approximate surface area is 281 Å². The van der Waals surface area contributed by atoms with E-state index in [1.165, 1.54) is 65.2 Å². The first-order chi connectivity index (χ1) is 21.4. The van der Waals surface area contributed by atoms with Crippen LogP contribution in [0.3, 0.4) is 0 Å². The van der Waals surface area contributed by atoms with E-state index in [2.05, 4.69) is 63.3 Å². The summed E-state index contributed by atoms with van der Waals surface area (Å²) in [5.74, 6) is 1.79. The Balaban J connectivity index is 1.50. The summed E-state index contributed by atoms with van der Waals surface area (Å²) in [5.41, 5.74) is 2.11. The summed E-state index contributed by atoms with van der Waals surface area (Å²) >= 11 is 4.28. The molecule has 4 heterocycles. The molecule has 4 aromatic rings. The molecule has 3 aromatic heterocycles. The van der Waals surface area contributed by atoms with Gasteiger partial charge in [0.1, 0.15) is 22.4 Å². The number of fused-ring (bicyclic) bond motifs is 4.